The Kier molecular flexibility index (Phi) is 3.12. The van der Waals surface area contributed by atoms with Crippen molar-refractivity contribution in [1.29, 1.82) is 0 Å². The third kappa shape index (κ3) is 2.57. The number of hydrogen-bond acceptors (Lipinski definition) is 3. The molecule has 0 saturated carbocycles. The van der Waals surface area contributed by atoms with Crippen molar-refractivity contribution in [3.8, 4) is 0 Å². The van der Waals surface area contributed by atoms with E-state index < -0.39 is 0 Å². The molecular weight excluding hydrogens is 164 g/mol. The van der Waals surface area contributed by atoms with E-state index in [2.05, 4.69) is 18.4 Å². The lowest BCUT2D eigenvalue weighted by Crippen LogP contribution is -2.32. The summed E-state index contributed by atoms with van der Waals surface area (Å²) in [5, 5.41) is 1.95. The third-order valence-electron chi connectivity index (χ3n) is 2.00. The summed E-state index contributed by atoms with van der Waals surface area (Å²) in [7, 11) is 3.97. The highest BCUT2D eigenvalue weighted by Gasteiger charge is 2.12. The smallest absolute Gasteiger partial charge is 0.105 e. The van der Waals surface area contributed by atoms with Gasteiger partial charge in [0.1, 0.15) is 11.5 Å². The van der Waals surface area contributed by atoms with E-state index in [1.54, 1.807) is 0 Å². The fourth-order valence-corrected chi connectivity index (χ4v) is 1.54. The van der Waals surface area contributed by atoms with Crippen LogP contribution < -0.4 is 5.43 Å². The average Bonchev–Trinajstić information content (AvgIpc) is 2.28. The molecule has 0 spiro atoms. The molecule has 3 heteroatoms. The molecule has 0 saturated heterocycles. The number of aryl methyl sites for hydroxylation is 2. The summed E-state index contributed by atoms with van der Waals surface area (Å²) in [4.78, 5) is 0. The van der Waals surface area contributed by atoms with Crippen molar-refractivity contribution in [2.24, 2.45) is 0 Å². The molecule has 3 nitrogen and oxygen atoms in total. The van der Waals surface area contributed by atoms with Crippen LogP contribution in [0, 0.1) is 13.8 Å². The molecule has 0 amide bonds. The Morgan fingerprint density at radius 2 is 2.00 bits per heavy atom. The van der Waals surface area contributed by atoms with Gasteiger partial charge in [0.2, 0.25) is 0 Å². The van der Waals surface area contributed by atoms with Crippen LogP contribution >= 0.6 is 0 Å². The van der Waals surface area contributed by atoms with E-state index in [1.165, 1.54) is 5.56 Å². The highest BCUT2D eigenvalue weighted by Crippen LogP contribution is 2.20. The lowest BCUT2D eigenvalue weighted by Gasteiger charge is -2.18. The maximum absolute atomic E-state index is 5.46. The van der Waals surface area contributed by atoms with Gasteiger partial charge in [0.05, 0.1) is 0 Å². The van der Waals surface area contributed by atoms with Gasteiger partial charge in [0.15, 0.2) is 0 Å². The van der Waals surface area contributed by atoms with Gasteiger partial charge in [-0.15, -0.1) is 0 Å². The highest BCUT2D eigenvalue weighted by molar-refractivity contribution is 5.23. The van der Waals surface area contributed by atoms with E-state index in [4.69, 9.17) is 4.42 Å². The molecule has 1 N–H and O–H groups in total. The first-order valence-electron chi connectivity index (χ1n) is 4.51. The molecule has 1 atom stereocenters. The fourth-order valence-electron chi connectivity index (χ4n) is 1.54. The number of nitrogens with zero attached hydrogens (tertiary/aromatic N) is 1. The van der Waals surface area contributed by atoms with Crippen LogP contribution in [0.25, 0.3) is 0 Å². The minimum Gasteiger partial charge on any atom is -0.466 e. The number of furan rings is 1. The van der Waals surface area contributed by atoms with E-state index >= 15 is 0 Å². The standard InChI is InChI=1S/C10H18N2O/c1-7-6-10(9(3)13-7)8(2)11-12(4)5/h6,8,11H,1-5H3. The predicted octanol–water partition coefficient (Wildman–Crippen LogP) is 2.02. The minimum atomic E-state index is 0.299. The molecule has 0 fully saturated rings. The normalized spacial score (nSPS) is 13.7. The van der Waals surface area contributed by atoms with Gasteiger partial charge < -0.3 is 4.42 Å². The highest BCUT2D eigenvalue weighted by atomic mass is 16.3. The monoisotopic (exact) mass is 182 g/mol. The zero-order valence-corrected chi connectivity index (χ0v) is 9.01. The lowest BCUT2D eigenvalue weighted by atomic mass is 10.1. The van der Waals surface area contributed by atoms with E-state index in [1.807, 2.05) is 33.0 Å². The van der Waals surface area contributed by atoms with Gasteiger partial charge in [-0.25, -0.2) is 5.43 Å². The van der Waals surface area contributed by atoms with Crippen molar-refractivity contribution in [1.82, 2.24) is 10.4 Å². The molecule has 0 aliphatic rings. The van der Waals surface area contributed by atoms with Gasteiger partial charge in [0.25, 0.3) is 0 Å². The Bertz CT molecular complexity index is 278. The molecule has 1 unspecified atom stereocenters. The average molecular weight is 182 g/mol. The molecule has 0 bridgehead atoms. The van der Waals surface area contributed by atoms with Crippen molar-refractivity contribution in [3.05, 3.63) is 23.2 Å². The summed E-state index contributed by atoms with van der Waals surface area (Å²) in [5.41, 5.74) is 4.51. The van der Waals surface area contributed by atoms with E-state index in [0.717, 1.165) is 11.5 Å². The zero-order valence-electron chi connectivity index (χ0n) is 9.01. The number of nitrogens with one attached hydrogen (secondary N) is 1. The van der Waals surface area contributed by atoms with Crippen LogP contribution in [0.1, 0.15) is 30.0 Å². The second-order valence-corrected chi connectivity index (χ2v) is 3.61. The van der Waals surface area contributed by atoms with Crippen molar-refractivity contribution in [2.75, 3.05) is 14.1 Å². The molecule has 1 rings (SSSR count). The second kappa shape index (κ2) is 3.94. The quantitative estimate of drug-likeness (QED) is 0.725. The van der Waals surface area contributed by atoms with Gasteiger partial charge in [-0.05, 0) is 26.8 Å². The molecule has 0 radical (unpaired) electrons. The van der Waals surface area contributed by atoms with Crippen molar-refractivity contribution in [3.63, 3.8) is 0 Å². The van der Waals surface area contributed by atoms with Crippen LogP contribution in [-0.4, -0.2) is 19.1 Å². The summed E-state index contributed by atoms with van der Waals surface area (Å²) in [5.74, 6) is 1.97. The molecule has 1 heterocycles. The third-order valence-corrected chi connectivity index (χ3v) is 2.00. The number of hydrazine groups is 1. The molecule has 74 valence electrons. The molecule has 1 aromatic heterocycles. The van der Waals surface area contributed by atoms with Gasteiger partial charge >= 0.3 is 0 Å². The molecule has 13 heavy (non-hydrogen) atoms. The molecule has 1 aromatic rings. The van der Waals surface area contributed by atoms with Crippen molar-refractivity contribution in [2.45, 2.75) is 26.8 Å². The Labute approximate surface area is 79.7 Å². The van der Waals surface area contributed by atoms with Crippen LogP contribution in [0.15, 0.2) is 10.5 Å². The number of hydrogen-bond donors (Lipinski definition) is 1. The molecule has 0 aliphatic heterocycles. The minimum absolute atomic E-state index is 0.299. The van der Waals surface area contributed by atoms with Crippen LogP contribution in [0.3, 0.4) is 0 Å². The zero-order chi connectivity index (χ0) is 10.0. The van der Waals surface area contributed by atoms with Crippen LogP contribution in [0.4, 0.5) is 0 Å². The fraction of sp³-hybridized carbons (Fsp3) is 0.600. The Morgan fingerprint density at radius 3 is 2.38 bits per heavy atom. The SMILES string of the molecule is Cc1cc(C(C)NN(C)C)c(C)o1. The van der Waals surface area contributed by atoms with E-state index in [9.17, 15) is 0 Å². The van der Waals surface area contributed by atoms with Gasteiger partial charge in [-0.2, -0.15) is 0 Å². The van der Waals surface area contributed by atoms with Gasteiger partial charge in [-0.1, -0.05) is 0 Å². The van der Waals surface area contributed by atoms with E-state index in [0.29, 0.717) is 6.04 Å². The Balaban J connectivity index is 2.76. The summed E-state index contributed by atoms with van der Waals surface area (Å²) in [6, 6.07) is 2.38. The van der Waals surface area contributed by atoms with Crippen LogP contribution in [0.2, 0.25) is 0 Å². The Morgan fingerprint density at radius 1 is 1.38 bits per heavy atom. The Hall–Kier alpha value is -0.800. The molecule has 0 aliphatic carbocycles. The summed E-state index contributed by atoms with van der Waals surface area (Å²) >= 11 is 0. The lowest BCUT2D eigenvalue weighted by molar-refractivity contribution is 0.251. The summed E-state index contributed by atoms with van der Waals surface area (Å²) in [6.07, 6.45) is 0. The topological polar surface area (TPSA) is 28.4 Å². The molecule has 0 aromatic carbocycles. The molecular formula is C10H18N2O. The second-order valence-electron chi connectivity index (χ2n) is 3.61. The maximum atomic E-state index is 5.46. The van der Waals surface area contributed by atoms with Gasteiger partial charge in [-0.3, -0.25) is 5.01 Å². The largest absolute Gasteiger partial charge is 0.466 e. The predicted molar refractivity (Wildman–Crippen MR) is 53.4 cm³/mol. The van der Waals surface area contributed by atoms with Crippen LogP contribution in [-0.2, 0) is 0 Å². The summed E-state index contributed by atoms with van der Waals surface area (Å²) < 4.78 is 5.46. The van der Waals surface area contributed by atoms with E-state index in [-0.39, 0.29) is 0 Å². The van der Waals surface area contributed by atoms with Gasteiger partial charge in [0, 0.05) is 25.7 Å². The number of rotatable bonds is 3. The first-order chi connectivity index (χ1) is 6.00. The van der Waals surface area contributed by atoms with Crippen LogP contribution in [0.5, 0.6) is 0 Å². The van der Waals surface area contributed by atoms with Crippen molar-refractivity contribution >= 4 is 0 Å². The maximum Gasteiger partial charge on any atom is 0.105 e. The summed E-state index contributed by atoms with van der Waals surface area (Å²) in [6.45, 7) is 6.09. The first-order valence-corrected chi connectivity index (χ1v) is 4.51. The van der Waals surface area contributed by atoms with Crippen molar-refractivity contribution < 1.29 is 4.42 Å². The first kappa shape index (κ1) is 10.3.